The molecule has 0 fully saturated rings. The molecule has 1 heterocycles. The molecule has 5 aromatic rings. The molecule has 37 heavy (non-hydrogen) atoms. The van der Waals surface area contributed by atoms with Crippen molar-refractivity contribution in [3.63, 3.8) is 0 Å². The quantitative estimate of drug-likeness (QED) is 0.244. The van der Waals surface area contributed by atoms with E-state index in [2.05, 4.69) is 34.6 Å². The largest absolute Gasteiger partial charge is 0.489 e. The Balaban J connectivity index is 1.30. The summed E-state index contributed by atoms with van der Waals surface area (Å²) in [6.07, 6.45) is 3.44. The minimum absolute atomic E-state index is 0.206. The second kappa shape index (κ2) is 11.1. The third-order valence-electron chi connectivity index (χ3n) is 6.31. The number of nitrogens with one attached hydrogen (secondary N) is 1. The molecule has 0 aliphatic rings. The van der Waals surface area contributed by atoms with Crippen LogP contribution in [0.3, 0.4) is 0 Å². The lowest BCUT2D eigenvalue weighted by Crippen LogP contribution is -2.13. The number of nitrogens with zero attached hydrogens (tertiary/aromatic N) is 3. The Kier molecular flexibility index (Phi) is 7.26. The number of carbonyl (C=O) groups is 1. The summed E-state index contributed by atoms with van der Waals surface area (Å²) in [5, 5.41) is 12.3. The SMILES string of the molecule is CCCCc1ccc(-n2nc3cc(C)c(NC(=O)c4cccc(OCc5ccccc5)c4)cc3n2)cc1. The van der Waals surface area contributed by atoms with Crippen molar-refractivity contribution in [1.29, 1.82) is 0 Å². The van der Waals surface area contributed by atoms with E-state index in [0.29, 0.717) is 23.6 Å². The molecule has 6 nitrogen and oxygen atoms in total. The van der Waals surface area contributed by atoms with Gasteiger partial charge in [-0.05, 0) is 78.9 Å². The first-order valence-electron chi connectivity index (χ1n) is 12.6. The number of fused-ring (bicyclic) bond motifs is 1. The van der Waals surface area contributed by atoms with E-state index in [9.17, 15) is 4.79 Å². The summed E-state index contributed by atoms with van der Waals surface area (Å²) in [7, 11) is 0. The summed E-state index contributed by atoms with van der Waals surface area (Å²) in [6, 6.07) is 29.3. The molecule has 0 unspecified atom stereocenters. The third-order valence-corrected chi connectivity index (χ3v) is 6.31. The van der Waals surface area contributed by atoms with E-state index in [0.717, 1.165) is 34.3 Å². The highest BCUT2D eigenvalue weighted by Gasteiger charge is 2.13. The highest BCUT2D eigenvalue weighted by Crippen LogP contribution is 2.24. The van der Waals surface area contributed by atoms with Crippen LogP contribution in [0.4, 0.5) is 5.69 Å². The minimum atomic E-state index is -0.206. The third kappa shape index (κ3) is 5.86. The summed E-state index contributed by atoms with van der Waals surface area (Å²) in [6.45, 7) is 4.60. The zero-order valence-electron chi connectivity index (χ0n) is 21.1. The molecular weight excluding hydrogens is 460 g/mol. The Labute approximate surface area is 216 Å². The van der Waals surface area contributed by atoms with Gasteiger partial charge in [0.05, 0.1) is 5.69 Å². The van der Waals surface area contributed by atoms with Gasteiger partial charge in [0.2, 0.25) is 0 Å². The van der Waals surface area contributed by atoms with Crippen molar-refractivity contribution in [1.82, 2.24) is 15.0 Å². The second-order valence-corrected chi connectivity index (χ2v) is 9.17. The van der Waals surface area contributed by atoms with Crippen molar-refractivity contribution in [2.45, 2.75) is 39.7 Å². The lowest BCUT2D eigenvalue weighted by Gasteiger charge is -2.10. The van der Waals surface area contributed by atoms with Gasteiger partial charge in [-0.2, -0.15) is 4.80 Å². The lowest BCUT2D eigenvalue weighted by atomic mass is 10.1. The van der Waals surface area contributed by atoms with Crippen molar-refractivity contribution in [2.75, 3.05) is 5.32 Å². The number of benzene rings is 4. The monoisotopic (exact) mass is 490 g/mol. The fourth-order valence-electron chi connectivity index (χ4n) is 4.16. The Bertz CT molecular complexity index is 1510. The van der Waals surface area contributed by atoms with Gasteiger partial charge in [-0.15, -0.1) is 10.2 Å². The van der Waals surface area contributed by atoms with Crippen LogP contribution in [0.15, 0.2) is 91.0 Å². The van der Waals surface area contributed by atoms with Gasteiger partial charge in [0.1, 0.15) is 23.4 Å². The summed E-state index contributed by atoms with van der Waals surface area (Å²) < 4.78 is 5.88. The van der Waals surface area contributed by atoms with Gasteiger partial charge in [-0.3, -0.25) is 4.79 Å². The number of aryl methyl sites for hydroxylation is 2. The van der Waals surface area contributed by atoms with E-state index in [-0.39, 0.29) is 5.91 Å². The number of unbranched alkanes of at least 4 members (excludes halogenated alkanes) is 1. The topological polar surface area (TPSA) is 69.0 Å². The van der Waals surface area contributed by atoms with Crippen LogP contribution in [0.1, 0.15) is 46.8 Å². The molecule has 0 spiro atoms. The Morgan fingerprint density at radius 1 is 0.865 bits per heavy atom. The maximum absolute atomic E-state index is 13.1. The molecule has 1 aromatic heterocycles. The second-order valence-electron chi connectivity index (χ2n) is 9.17. The van der Waals surface area contributed by atoms with Gasteiger partial charge < -0.3 is 10.1 Å². The van der Waals surface area contributed by atoms with E-state index in [1.807, 2.05) is 73.7 Å². The zero-order chi connectivity index (χ0) is 25.6. The van der Waals surface area contributed by atoms with Crippen LogP contribution >= 0.6 is 0 Å². The Morgan fingerprint density at radius 3 is 2.38 bits per heavy atom. The van der Waals surface area contributed by atoms with Crippen molar-refractivity contribution < 1.29 is 9.53 Å². The van der Waals surface area contributed by atoms with Gasteiger partial charge in [-0.25, -0.2) is 0 Å². The molecule has 0 bridgehead atoms. The van der Waals surface area contributed by atoms with Crippen LogP contribution in [0, 0.1) is 6.92 Å². The fraction of sp³-hybridized carbons (Fsp3) is 0.194. The number of carbonyl (C=O) groups excluding carboxylic acids is 1. The van der Waals surface area contributed by atoms with E-state index in [1.54, 1.807) is 16.9 Å². The van der Waals surface area contributed by atoms with Gasteiger partial charge in [-0.1, -0.05) is 61.9 Å². The fourth-order valence-corrected chi connectivity index (χ4v) is 4.16. The van der Waals surface area contributed by atoms with E-state index in [4.69, 9.17) is 4.74 Å². The Morgan fingerprint density at radius 2 is 1.62 bits per heavy atom. The highest BCUT2D eigenvalue weighted by molar-refractivity contribution is 6.05. The molecule has 4 aromatic carbocycles. The molecular formula is C31H30N4O2. The standard InChI is InChI=1S/C31H30N4O2/c1-3-4-9-23-14-16-26(17-15-23)35-33-29-18-22(2)28(20-30(29)34-35)32-31(36)25-12-8-13-27(19-25)37-21-24-10-6-5-7-11-24/h5-8,10-20H,3-4,9,21H2,1-2H3,(H,32,36). The van der Waals surface area contributed by atoms with Crippen LogP contribution in [-0.2, 0) is 13.0 Å². The van der Waals surface area contributed by atoms with Gasteiger partial charge in [0.25, 0.3) is 5.91 Å². The number of hydrogen-bond acceptors (Lipinski definition) is 4. The highest BCUT2D eigenvalue weighted by atomic mass is 16.5. The van der Waals surface area contributed by atoms with Crippen molar-refractivity contribution in [3.05, 3.63) is 113 Å². The summed E-state index contributed by atoms with van der Waals surface area (Å²) in [4.78, 5) is 14.7. The van der Waals surface area contributed by atoms with Crippen molar-refractivity contribution in [2.24, 2.45) is 0 Å². The molecule has 1 amide bonds. The van der Waals surface area contributed by atoms with Crippen molar-refractivity contribution >= 4 is 22.6 Å². The van der Waals surface area contributed by atoms with Crippen molar-refractivity contribution in [3.8, 4) is 11.4 Å². The zero-order valence-corrected chi connectivity index (χ0v) is 21.1. The number of ether oxygens (including phenoxy) is 1. The first-order valence-corrected chi connectivity index (χ1v) is 12.6. The number of aromatic nitrogens is 3. The van der Waals surface area contributed by atoms with Gasteiger partial charge >= 0.3 is 0 Å². The average molecular weight is 491 g/mol. The van der Waals surface area contributed by atoms with Gasteiger partial charge in [0.15, 0.2) is 0 Å². The maximum atomic E-state index is 13.1. The molecule has 0 saturated carbocycles. The van der Waals surface area contributed by atoms with Gasteiger partial charge in [0, 0.05) is 11.3 Å². The van der Waals surface area contributed by atoms with Crippen LogP contribution in [0.2, 0.25) is 0 Å². The Hall–Kier alpha value is -4.45. The lowest BCUT2D eigenvalue weighted by molar-refractivity contribution is 0.102. The molecule has 1 N–H and O–H groups in total. The number of amides is 1. The van der Waals surface area contributed by atoms with Crippen LogP contribution in [-0.4, -0.2) is 20.9 Å². The number of rotatable bonds is 9. The summed E-state index contributed by atoms with van der Waals surface area (Å²) >= 11 is 0. The minimum Gasteiger partial charge on any atom is -0.489 e. The number of hydrogen-bond donors (Lipinski definition) is 1. The van der Waals surface area contributed by atoms with Crippen LogP contribution < -0.4 is 10.1 Å². The predicted octanol–water partition coefficient (Wildman–Crippen LogP) is 6.90. The maximum Gasteiger partial charge on any atom is 0.255 e. The summed E-state index contributed by atoms with van der Waals surface area (Å²) in [5.41, 5.74) is 6.94. The molecule has 6 heteroatoms. The molecule has 0 aliphatic heterocycles. The molecule has 186 valence electrons. The normalized spacial score (nSPS) is 11.0. The van der Waals surface area contributed by atoms with E-state index < -0.39 is 0 Å². The molecule has 0 saturated heterocycles. The first kappa shape index (κ1) is 24.3. The van der Waals surface area contributed by atoms with Crippen LogP contribution in [0.5, 0.6) is 5.75 Å². The smallest absolute Gasteiger partial charge is 0.255 e. The number of anilines is 1. The molecule has 0 atom stereocenters. The molecule has 5 rings (SSSR count). The molecule has 0 aliphatic carbocycles. The van der Waals surface area contributed by atoms with Crippen LogP contribution in [0.25, 0.3) is 16.7 Å². The average Bonchev–Trinajstić information content (AvgIpc) is 3.34. The summed E-state index contributed by atoms with van der Waals surface area (Å²) in [5.74, 6) is 0.440. The molecule has 0 radical (unpaired) electrons. The van der Waals surface area contributed by atoms with E-state index in [1.165, 1.54) is 18.4 Å². The first-order chi connectivity index (χ1) is 18.1. The van der Waals surface area contributed by atoms with E-state index >= 15 is 0 Å². The predicted molar refractivity (Wildman–Crippen MR) is 147 cm³/mol.